The molecule has 1 aliphatic rings. The molecule has 0 spiro atoms. The Balaban J connectivity index is 1.33. The van der Waals surface area contributed by atoms with E-state index in [2.05, 4.69) is 10.3 Å². The monoisotopic (exact) mass is 472 g/mol. The zero-order valence-corrected chi connectivity index (χ0v) is 19.1. The van der Waals surface area contributed by atoms with Crippen LogP contribution in [-0.2, 0) is 27.9 Å². The molecule has 9 heteroatoms. The largest absolute Gasteiger partial charge is 0.352 e. The summed E-state index contributed by atoms with van der Waals surface area (Å²) in [4.78, 5) is 17.0. The third-order valence-corrected chi connectivity index (χ3v) is 7.75. The number of nitrogens with zero attached hydrogens (tertiary/aromatic N) is 3. The number of hydrogen-bond donors (Lipinski definition) is 1. The summed E-state index contributed by atoms with van der Waals surface area (Å²) in [5.41, 5.74) is 2.14. The van der Waals surface area contributed by atoms with Crippen LogP contribution in [0.4, 0.5) is 0 Å². The van der Waals surface area contributed by atoms with Crippen molar-refractivity contribution in [2.45, 2.75) is 30.8 Å². The van der Waals surface area contributed by atoms with Crippen molar-refractivity contribution < 1.29 is 13.2 Å². The van der Waals surface area contributed by atoms with E-state index in [1.165, 1.54) is 16.4 Å². The molecule has 2 heterocycles. The molecular formula is C23H25ClN4O3S. The molecule has 0 aliphatic carbocycles. The normalized spacial score (nSPS) is 17.2. The van der Waals surface area contributed by atoms with Crippen LogP contribution < -0.4 is 5.32 Å². The number of piperidine rings is 1. The highest BCUT2D eigenvalue weighted by Gasteiger charge is 2.33. The van der Waals surface area contributed by atoms with E-state index < -0.39 is 10.0 Å². The standard InChI is InChI=1S/C23H25ClN4O3S/c24-21-7-9-22(10-8-21)32(30,31)28-12-1-2-20(16-28)23(29)26-14-18-3-5-19(6-4-18)15-27-13-11-25-17-27/h3-11,13,17,20H,1-2,12,14-16H2,(H,26,29). The average molecular weight is 473 g/mol. The first kappa shape index (κ1) is 22.5. The molecule has 1 N–H and O–H groups in total. The summed E-state index contributed by atoms with van der Waals surface area (Å²) >= 11 is 5.87. The lowest BCUT2D eigenvalue weighted by molar-refractivity contribution is -0.126. The molecule has 1 unspecified atom stereocenters. The van der Waals surface area contributed by atoms with E-state index in [-0.39, 0.29) is 23.3 Å². The number of hydrogen-bond acceptors (Lipinski definition) is 4. The number of carbonyl (C=O) groups is 1. The van der Waals surface area contributed by atoms with Gasteiger partial charge < -0.3 is 9.88 Å². The van der Waals surface area contributed by atoms with Crippen LogP contribution >= 0.6 is 11.6 Å². The molecule has 2 aromatic carbocycles. The summed E-state index contributed by atoms with van der Waals surface area (Å²) in [5, 5.41) is 3.44. The van der Waals surface area contributed by atoms with E-state index in [1.807, 2.05) is 35.0 Å². The number of carbonyl (C=O) groups excluding carboxylic acids is 1. The molecule has 1 saturated heterocycles. The van der Waals surface area contributed by atoms with E-state index in [0.717, 1.165) is 17.7 Å². The summed E-state index contributed by atoms with van der Waals surface area (Å²) in [6.45, 7) is 1.74. The van der Waals surface area contributed by atoms with E-state index >= 15 is 0 Å². The number of imidazole rings is 1. The molecule has 1 aromatic heterocycles. The number of aromatic nitrogens is 2. The van der Waals surface area contributed by atoms with Crippen LogP contribution in [0.1, 0.15) is 24.0 Å². The number of sulfonamides is 1. The van der Waals surface area contributed by atoms with Crippen molar-refractivity contribution in [2.24, 2.45) is 5.92 Å². The van der Waals surface area contributed by atoms with Crippen molar-refractivity contribution in [3.63, 3.8) is 0 Å². The molecule has 32 heavy (non-hydrogen) atoms. The first-order valence-electron chi connectivity index (χ1n) is 10.5. The first-order chi connectivity index (χ1) is 15.4. The van der Waals surface area contributed by atoms with Gasteiger partial charge >= 0.3 is 0 Å². The van der Waals surface area contributed by atoms with Crippen molar-refractivity contribution in [2.75, 3.05) is 13.1 Å². The number of amides is 1. The topological polar surface area (TPSA) is 84.3 Å². The van der Waals surface area contributed by atoms with Gasteiger partial charge in [-0.2, -0.15) is 4.31 Å². The molecule has 168 valence electrons. The van der Waals surface area contributed by atoms with E-state index in [9.17, 15) is 13.2 Å². The Bertz CT molecular complexity index is 1150. The van der Waals surface area contributed by atoms with Crippen molar-refractivity contribution >= 4 is 27.5 Å². The molecule has 0 bridgehead atoms. The number of halogens is 1. The zero-order valence-electron chi connectivity index (χ0n) is 17.5. The maximum absolute atomic E-state index is 12.9. The Morgan fingerprint density at radius 2 is 1.81 bits per heavy atom. The van der Waals surface area contributed by atoms with Gasteiger partial charge in [-0.05, 0) is 48.2 Å². The van der Waals surface area contributed by atoms with Gasteiger partial charge in [0.1, 0.15) is 0 Å². The fourth-order valence-electron chi connectivity index (χ4n) is 3.82. The minimum absolute atomic E-state index is 0.122. The highest BCUT2D eigenvalue weighted by molar-refractivity contribution is 7.89. The summed E-state index contributed by atoms with van der Waals surface area (Å²) in [6, 6.07) is 14.2. The first-order valence-corrected chi connectivity index (χ1v) is 12.3. The Labute approximate surface area is 193 Å². The number of benzene rings is 2. The number of rotatable bonds is 7. The highest BCUT2D eigenvalue weighted by atomic mass is 35.5. The van der Waals surface area contributed by atoms with Gasteiger partial charge in [-0.3, -0.25) is 4.79 Å². The Morgan fingerprint density at radius 1 is 1.09 bits per heavy atom. The van der Waals surface area contributed by atoms with Crippen LogP contribution in [0, 0.1) is 5.92 Å². The van der Waals surface area contributed by atoms with Crippen molar-refractivity contribution in [1.29, 1.82) is 0 Å². The molecule has 1 atom stereocenters. The van der Waals surface area contributed by atoms with Gasteiger partial charge in [0.05, 0.1) is 17.1 Å². The lowest BCUT2D eigenvalue weighted by Gasteiger charge is -2.31. The Morgan fingerprint density at radius 3 is 2.50 bits per heavy atom. The second kappa shape index (κ2) is 9.85. The van der Waals surface area contributed by atoms with Gasteiger partial charge in [-0.25, -0.2) is 13.4 Å². The highest BCUT2D eigenvalue weighted by Crippen LogP contribution is 2.25. The lowest BCUT2D eigenvalue weighted by atomic mass is 9.98. The van der Waals surface area contributed by atoms with E-state index in [0.29, 0.717) is 31.0 Å². The van der Waals surface area contributed by atoms with Gasteiger partial charge in [0.25, 0.3) is 0 Å². The third-order valence-electron chi connectivity index (χ3n) is 5.62. The van der Waals surface area contributed by atoms with Gasteiger partial charge in [-0.15, -0.1) is 0 Å². The SMILES string of the molecule is O=C(NCc1ccc(Cn2ccnc2)cc1)C1CCCN(S(=O)(=O)c2ccc(Cl)cc2)C1. The molecule has 1 fully saturated rings. The third kappa shape index (κ3) is 5.38. The van der Waals surface area contributed by atoms with Crippen molar-refractivity contribution in [1.82, 2.24) is 19.2 Å². The van der Waals surface area contributed by atoms with Crippen LogP contribution in [0.25, 0.3) is 0 Å². The van der Waals surface area contributed by atoms with Gasteiger partial charge in [0.15, 0.2) is 0 Å². The zero-order chi connectivity index (χ0) is 22.6. The summed E-state index contributed by atoms with van der Waals surface area (Å²) in [6.07, 6.45) is 6.75. The lowest BCUT2D eigenvalue weighted by Crippen LogP contribution is -2.45. The van der Waals surface area contributed by atoms with Crippen LogP contribution in [0.3, 0.4) is 0 Å². The summed E-state index contributed by atoms with van der Waals surface area (Å²) in [5.74, 6) is -0.491. The predicted octanol–water partition coefficient (Wildman–Crippen LogP) is 3.30. The quantitative estimate of drug-likeness (QED) is 0.571. The fraction of sp³-hybridized carbons (Fsp3) is 0.304. The molecule has 7 nitrogen and oxygen atoms in total. The summed E-state index contributed by atoms with van der Waals surface area (Å²) in [7, 11) is -3.65. The maximum Gasteiger partial charge on any atom is 0.243 e. The molecule has 0 saturated carbocycles. The van der Waals surface area contributed by atoms with Crippen LogP contribution in [-0.4, -0.2) is 41.3 Å². The van der Waals surface area contributed by atoms with Crippen LogP contribution in [0.5, 0.6) is 0 Å². The Kier molecular flexibility index (Phi) is 6.93. The predicted molar refractivity (Wildman–Crippen MR) is 123 cm³/mol. The molecule has 4 rings (SSSR count). The van der Waals surface area contributed by atoms with E-state index in [4.69, 9.17) is 11.6 Å². The van der Waals surface area contributed by atoms with Gasteiger partial charge in [0, 0.05) is 43.6 Å². The second-order valence-electron chi connectivity index (χ2n) is 7.93. The van der Waals surface area contributed by atoms with Crippen LogP contribution in [0.2, 0.25) is 5.02 Å². The van der Waals surface area contributed by atoms with Crippen molar-refractivity contribution in [3.8, 4) is 0 Å². The number of nitrogens with one attached hydrogen (secondary N) is 1. The fourth-order valence-corrected chi connectivity index (χ4v) is 5.47. The van der Waals surface area contributed by atoms with E-state index in [1.54, 1.807) is 24.7 Å². The van der Waals surface area contributed by atoms with Crippen LogP contribution in [0.15, 0.2) is 72.1 Å². The maximum atomic E-state index is 12.9. The summed E-state index contributed by atoms with van der Waals surface area (Å²) < 4.78 is 29.3. The van der Waals surface area contributed by atoms with Gasteiger partial charge in [-0.1, -0.05) is 35.9 Å². The minimum atomic E-state index is -3.65. The second-order valence-corrected chi connectivity index (χ2v) is 10.3. The molecule has 3 aromatic rings. The molecular weight excluding hydrogens is 448 g/mol. The average Bonchev–Trinajstić information content (AvgIpc) is 3.32. The van der Waals surface area contributed by atoms with Gasteiger partial charge in [0.2, 0.25) is 15.9 Å². The van der Waals surface area contributed by atoms with Crippen molar-refractivity contribution in [3.05, 3.63) is 83.4 Å². The molecule has 0 radical (unpaired) electrons. The smallest absolute Gasteiger partial charge is 0.243 e. The molecule has 1 aliphatic heterocycles. The minimum Gasteiger partial charge on any atom is -0.352 e. The molecule has 1 amide bonds. The Hall–Kier alpha value is -2.68.